The fourth-order valence-corrected chi connectivity index (χ4v) is 2.34. The van der Waals surface area contributed by atoms with Crippen LogP contribution < -0.4 is 5.73 Å². The number of hydrogen-bond donors (Lipinski definition) is 1. The summed E-state index contributed by atoms with van der Waals surface area (Å²) in [6.07, 6.45) is 7.92. The Labute approximate surface area is 86.6 Å². The molecule has 0 aromatic rings. The molecule has 0 aromatic carbocycles. The second kappa shape index (κ2) is 5.97. The van der Waals surface area contributed by atoms with E-state index in [1.54, 1.807) is 0 Å². The van der Waals surface area contributed by atoms with Gasteiger partial charge >= 0.3 is 0 Å². The Hall–Kier alpha value is -0.630. The van der Waals surface area contributed by atoms with E-state index in [1.165, 1.54) is 12.8 Å². The topological polar surface area (TPSA) is 43.1 Å². The van der Waals surface area contributed by atoms with Crippen LogP contribution in [0.15, 0.2) is 12.7 Å². The van der Waals surface area contributed by atoms with Crippen LogP contribution in [0.5, 0.6) is 0 Å². The van der Waals surface area contributed by atoms with Crippen molar-refractivity contribution in [2.24, 2.45) is 17.6 Å². The van der Waals surface area contributed by atoms with Crippen LogP contribution in [0.25, 0.3) is 0 Å². The Morgan fingerprint density at radius 3 is 2.79 bits per heavy atom. The summed E-state index contributed by atoms with van der Waals surface area (Å²) in [5.74, 6) is 1.09. The Morgan fingerprint density at radius 1 is 1.43 bits per heavy atom. The SMILES string of the molecule is C=CCCC(=O)C1CCCCC1CN. The van der Waals surface area contributed by atoms with Gasteiger partial charge in [0.1, 0.15) is 5.78 Å². The van der Waals surface area contributed by atoms with E-state index in [1.807, 2.05) is 6.08 Å². The normalized spacial score (nSPS) is 27.2. The molecular formula is C12H21NO. The zero-order valence-electron chi connectivity index (χ0n) is 8.87. The minimum Gasteiger partial charge on any atom is -0.330 e. The highest BCUT2D eigenvalue weighted by Crippen LogP contribution is 2.30. The van der Waals surface area contributed by atoms with E-state index in [0.717, 1.165) is 19.3 Å². The highest BCUT2D eigenvalue weighted by Gasteiger charge is 2.28. The molecule has 0 amide bonds. The number of carbonyl (C=O) groups excluding carboxylic acids is 1. The molecule has 1 aliphatic rings. The van der Waals surface area contributed by atoms with E-state index >= 15 is 0 Å². The minimum absolute atomic E-state index is 0.244. The van der Waals surface area contributed by atoms with Gasteiger partial charge in [-0.2, -0.15) is 0 Å². The quantitative estimate of drug-likeness (QED) is 0.684. The third-order valence-corrected chi connectivity index (χ3v) is 3.22. The second-order valence-electron chi connectivity index (χ2n) is 4.18. The van der Waals surface area contributed by atoms with E-state index in [2.05, 4.69) is 6.58 Å². The van der Waals surface area contributed by atoms with Crippen LogP contribution in [0.3, 0.4) is 0 Å². The summed E-state index contributed by atoms with van der Waals surface area (Å²) in [6.45, 7) is 4.31. The molecule has 1 aliphatic carbocycles. The van der Waals surface area contributed by atoms with Crippen molar-refractivity contribution >= 4 is 5.78 Å². The second-order valence-corrected chi connectivity index (χ2v) is 4.18. The Bertz CT molecular complexity index is 200. The molecule has 2 heteroatoms. The van der Waals surface area contributed by atoms with Gasteiger partial charge < -0.3 is 5.73 Å². The van der Waals surface area contributed by atoms with E-state index in [-0.39, 0.29) is 5.92 Å². The predicted molar refractivity (Wildman–Crippen MR) is 58.9 cm³/mol. The molecule has 1 saturated carbocycles. The van der Waals surface area contributed by atoms with Crippen molar-refractivity contribution in [3.63, 3.8) is 0 Å². The fraction of sp³-hybridized carbons (Fsp3) is 0.750. The number of nitrogens with two attached hydrogens (primary N) is 1. The number of rotatable bonds is 5. The first-order valence-corrected chi connectivity index (χ1v) is 5.63. The van der Waals surface area contributed by atoms with Crippen LogP contribution in [0.2, 0.25) is 0 Å². The zero-order chi connectivity index (χ0) is 10.4. The summed E-state index contributed by atoms with van der Waals surface area (Å²) in [7, 11) is 0. The standard InChI is InChI=1S/C12H21NO/c1-2-3-8-12(14)11-7-5-4-6-10(11)9-13/h2,10-11H,1,3-9,13H2. The molecule has 1 fully saturated rings. The third kappa shape index (κ3) is 2.95. The molecule has 0 radical (unpaired) electrons. The number of carbonyl (C=O) groups is 1. The van der Waals surface area contributed by atoms with Crippen molar-refractivity contribution in [1.29, 1.82) is 0 Å². The van der Waals surface area contributed by atoms with Gasteiger partial charge in [0.2, 0.25) is 0 Å². The van der Waals surface area contributed by atoms with Gasteiger partial charge in [0.25, 0.3) is 0 Å². The maximum Gasteiger partial charge on any atom is 0.136 e. The first kappa shape index (κ1) is 11.4. The van der Waals surface area contributed by atoms with Gasteiger partial charge in [-0.3, -0.25) is 4.79 Å². The number of allylic oxidation sites excluding steroid dienone is 1. The van der Waals surface area contributed by atoms with Crippen LogP contribution >= 0.6 is 0 Å². The zero-order valence-corrected chi connectivity index (χ0v) is 8.87. The molecule has 2 nitrogen and oxygen atoms in total. The fourth-order valence-electron chi connectivity index (χ4n) is 2.34. The van der Waals surface area contributed by atoms with E-state index in [0.29, 0.717) is 24.7 Å². The smallest absolute Gasteiger partial charge is 0.136 e. The van der Waals surface area contributed by atoms with Crippen molar-refractivity contribution in [2.75, 3.05) is 6.54 Å². The molecule has 0 spiro atoms. The Kier molecular flexibility index (Phi) is 4.88. The van der Waals surface area contributed by atoms with Crippen LogP contribution in [0, 0.1) is 11.8 Å². The number of Topliss-reactive ketones (excluding diaryl/α,β-unsaturated/α-hetero) is 1. The van der Waals surface area contributed by atoms with Crippen LogP contribution in [0.4, 0.5) is 0 Å². The van der Waals surface area contributed by atoms with Crippen molar-refractivity contribution in [2.45, 2.75) is 38.5 Å². The maximum atomic E-state index is 11.8. The Balaban J connectivity index is 2.45. The van der Waals surface area contributed by atoms with Crippen molar-refractivity contribution < 1.29 is 4.79 Å². The minimum atomic E-state index is 0.244. The molecule has 0 saturated heterocycles. The Morgan fingerprint density at radius 2 is 2.14 bits per heavy atom. The average Bonchev–Trinajstić information content (AvgIpc) is 2.25. The van der Waals surface area contributed by atoms with Gasteiger partial charge in [-0.15, -0.1) is 6.58 Å². The summed E-state index contributed by atoms with van der Waals surface area (Å²) in [5.41, 5.74) is 5.69. The number of ketones is 1. The molecule has 0 heterocycles. The van der Waals surface area contributed by atoms with Crippen LogP contribution in [-0.4, -0.2) is 12.3 Å². The summed E-state index contributed by atoms with van der Waals surface area (Å²) in [6, 6.07) is 0. The molecule has 0 aromatic heterocycles. The molecule has 80 valence electrons. The highest BCUT2D eigenvalue weighted by atomic mass is 16.1. The molecule has 2 N–H and O–H groups in total. The monoisotopic (exact) mass is 195 g/mol. The lowest BCUT2D eigenvalue weighted by molar-refractivity contribution is -0.125. The van der Waals surface area contributed by atoms with Crippen molar-refractivity contribution in [3.8, 4) is 0 Å². The van der Waals surface area contributed by atoms with Gasteiger partial charge in [-0.05, 0) is 31.7 Å². The van der Waals surface area contributed by atoms with E-state index < -0.39 is 0 Å². The van der Waals surface area contributed by atoms with E-state index in [9.17, 15) is 4.79 Å². The van der Waals surface area contributed by atoms with E-state index in [4.69, 9.17) is 5.73 Å². The van der Waals surface area contributed by atoms with Gasteiger partial charge in [-0.1, -0.05) is 18.9 Å². The van der Waals surface area contributed by atoms with Gasteiger partial charge in [-0.25, -0.2) is 0 Å². The molecular weight excluding hydrogens is 174 g/mol. The molecule has 0 bridgehead atoms. The highest BCUT2D eigenvalue weighted by molar-refractivity contribution is 5.81. The summed E-state index contributed by atoms with van der Waals surface area (Å²) < 4.78 is 0. The summed E-state index contributed by atoms with van der Waals surface area (Å²) >= 11 is 0. The van der Waals surface area contributed by atoms with Gasteiger partial charge in [0, 0.05) is 12.3 Å². The lowest BCUT2D eigenvalue weighted by atomic mass is 9.76. The van der Waals surface area contributed by atoms with Crippen molar-refractivity contribution in [1.82, 2.24) is 0 Å². The molecule has 0 aliphatic heterocycles. The molecule has 1 rings (SSSR count). The first-order chi connectivity index (χ1) is 6.79. The van der Waals surface area contributed by atoms with Gasteiger partial charge in [0.15, 0.2) is 0 Å². The molecule has 2 atom stereocenters. The summed E-state index contributed by atoms with van der Waals surface area (Å²) in [5, 5.41) is 0. The van der Waals surface area contributed by atoms with Crippen molar-refractivity contribution in [3.05, 3.63) is 12.7 Å². The number of hydrogen-bond acceptors (Lipinski definition) is 2. The van der Waals surface area contributed by atoms with Gasteiger partial charge in [0.05, 0.1) is 0 Å². The lowest BCUT2D eigenvalue weighted by Gasteiger charge is -2.29. The molecule has 14 heavy (non-hydrogen) atoms. The van der Waals surface area contributed by atoms with Crippen LogP contribution in [0.1, 0.15) is 38.5 Å². The first-order valence-electron chi connectivity index (χ1n) is 5.63. The van der Waals surface area contributed by atoms with Crippen LogP contribution in [-0.2, 0) is 4.79 Å². The maximum absolute atomic E-state index is 11.8. The lowest BCUT2D eigenvalue weighted by Crippen LogP contribution is -2.32. The average molecular weight is 195 g/mol. The third-order valence-electron chi connectivity index (χ3n) is 3.22. The summed E-state index contributed by atoms with van der Waals surface area (Å²) in [4.78, 5) is 11.8. The largest absolute Gasteiger partial charge is 0.330 e. The predicted octanol–water partition coefficient (Wildman–Crippen LogP) is 2.29. The molecule has 2 unspecified atom stereocenters.